The molecule has 0 aliphatic carbocycles. The highest BCUT2D eigenvalue weighted by molar-refractivity contribution is 5.47. The van der Waals surface area contributed by atoms with Crippen LogP contribution in [0.1, 0.15) is 5.82 Å². The van der Waals surface area contributed by atoms with Crippen LogP contribution < -0.4 is 4.90 Å². The number of β-amino-alcohol motifs (C(OH)–C–C–N with tert-alkyl or cyclic N) is 1. The third-order valence-electron chi connectivity index (χ3n) is 3.84. The maximum Gasteiger partial charge on any atom is 0.415 e. The lowest BCUT2D eigenvalue weighted by Crippen LogP contribution is -2.51. The van der Waals surface area contributed by atoms with Gasteiger partial charge in [0.05, 0.1) is 12.4 Å². The Morgan fingerprint density at radius 3 is 2.57 bits per heavy atom. The van der Waals surface area contributed by atoms with Crippen LogP contribution in [-0.4, -0.2) is 74.6 Å². The summed E-state index contributed by atoms with van der Waals surface area (Å²) in [6.07, 6.45) is -3.61. The molecule has 1 atom stereocenters. The lowest BCUT2D eigenvalue weighted by Gasteiger charge is -2.36. The van der Waals surface area contributed by atoms with Crippen LogP contribution in [0.25, 0.3) is 5.65 Å². The molecular formula is C13H17F3N6O. The molecule has 1 fully saturated rings. The van der Waals surface area contributed by atoms with E-state index in [0.717, 1.165) is 5.82 Å². The van der Waals surface area contributed by atoms with E-state index in [4.69, 9.17) is 5.11 Å². The van der Waals surface area contributed by atoms with E-state index in [1.165, 1.54) is 0 Å². The first kappa shape index (κ1) is 15.9. The van der Waals surface area contributed by atoms with Gasteiger partial charge in [0.1, 0.15) is 5.82 Å². The lowest BCUT2D eigenvalue weighted by molar-refractivity contribution is -0.208. The van der Waals surface area contributed by atoms with E-state index in [1.807, 2.05) is 4.90 Å². The Morgan fingerprint density at radius 2 is 1.91 bits per heavy atom. The first-order valence-electron chi connectivity index (χ1n) is 7.24. The quantitative estimate of drug-likeness (QED) is 0.883. The molecule has 10 heteroatoms. The lowest BCUT2D eigenvalue weighted by atomic mass is 10.2. The summed E-state index contributed by atoms with van der Waals surface area (Å²) in [6, 6.07) is 0. The van der Waals surface area contributed by atoms with Gasteiger partial charge in [0.15, 0.2) is 17.6 Å². The molecule has 1 aliphatic rings. The van der Waals surface area contributed by atoms with E-state index in [0.29, 0.717) is 37.7 Å². The summed E-state index contributed by atoms with van der Waals surface area (Å²) in [4.78, 5) is 12.0. The number of hydrogen-bond donors (Lipinski definition) is 1. The van der Waals surface area contributed by atoms with Gasteiger partial charge in [0.2, 0.25) is 0 Å². The van der Waals surface area contributed by atoms with Crippen LogP contribution in [-0.2, 0) is 0 Å². The molecule has 1 saturated heterocycles. The first-order chi connectivity index (χ1) is 10.8. The minimum Gasteiger partial charge on any atom is -0.382 e. The van der Waals surface area contributed by atoms with Gasteiger partial charge in [-0.2, -0.15) is 17.7 Å². The van der Waals surface area contributed by atoms with Crippen molar-refractivity contribution in [2.45, 2.75) is 19.2 Å². The standard InChI is InChI=1S/C13H17F3N6O/c1-9-18-11-6-17-7-12(22(11)19-9)21-4-2-20(3-5-21)8-10(23)13(14,15)16/h6-7,10,23H,2-5,8H2,1H3/t10-/m0/s1. The van der Waals surface area contributed by atoms with E-state index in [2.05, 4.69) is 15.1 Å². The van der Waals surface area contributed by atoms with Crippen molar-refractivity contribution in [3.05, 3.63) is 18.2 Å². The van der Waals surface area contributed by atoms with Crippen molar-refractivity contribution in [2.24, 2.45) is 0 Å². The van der Waals surface area contributed by atoms with E-state index in [1.54, 1.807) is 28.7 Å². The average Bonchev–Trinajstić information content (AvgIpc) is 2.87. The van der Waals surface area contributed by atoms with Gasteiger partial charge in [-0.15, -0.1) is 5.10 Å². The Labute approximate surface area is 130 Å². The SMILES string of the molecule is Cc1nc2cncc(N3CCN(C[C@H](O)C(F)(F)F)CC3)n2n1. The number of fused-ring (bicyclic) bond motifs is 1. The molecule has 1 N–H and O–H groups in total. The second-order valence-corrected chi connectivity index (χ2v) is 5.54. The zero-order valence-electron chi connectivity index (χ0n) is 12.5. The number of aromatic nitrogens is 4. The highest BCUT2D eigenvalue weighted by Gasteiger charge is 2.39. The van der Waals surface area contributed by atoms with Crippen LogP contribution in [0.15, 0.2) is 12.4 Å². The summed E-state index contributed by atoms with van der Waals surface area (Å²) in [5, 5.41) is 13.5. The van der Waals surface area contributed by atoms with Gasteiger partial charge in [-0.25, -0.2) is 4.98 Å². The fourth-order valence-electron chi connectivity index (χ4n) is 2.63. The molecule has 0 spiro atoms. The highest BCUT2D eigenvalue weighted by Crippen LogP contribution is 2.22. The molecule has 7 nitrogen and oxygen atoms in total. The molecule has 2 aromatic heterocycles. The fourth-order valence-corrected chi connectivity index (χ4v) is 2.63. The summed E-state index contributed by atoms with van der Waals surface area (Å²) < 4.78 is 38.9. The minimum absolute atomic E-state index is 0.401. The second-order valence-electron chi connectivity index (χ2n) is 5.54. The molecule has 0 aromatic carbocycles. The molecule has 2 aromatic rings. The van der Waals surface area contributed by atoms with Crippen LogP contribution in [0.4, 0.5) is 19.0 Å². The predicted octanol–water partition coefficient (Wildman–Crippen LogP) is 0.478. The largest absolute Gasteiger partial charge is 0.415 e. The maximum atomic E-state index is 12.4. The Kier molecular flexibility index (Phi) is 4.11. The van der Waals surface area contributed by atoms with E-state index in [9.17, 15) is 13.2 Å². The topological polar surface area (TPSA) is 69.8 Å². The number of piperazine rings is 1. The van der Waals surface area contributed by atoms with Crippen LogP contribution in [0, 0.1) is 6.92 Å². The van der Waals surface area contributed by atoms with Crippen molar-refractivity contribution in [3.8, 4) is 0 Å². The second kappa shape index (κ2) is 5.93. The van der Waals surface area contributed by atoms with Crippen LogP contribution in [0.2, 0.25) is 0 Å². The fraction of sp³-hybridized carbons (Fsp3) is 0.615. The molecule has 0 unspecified atom stereocenters. The molecule has 126 valence electrons. The summed E-state index contributed by atoms with van der Waals surface area (Å²) in [7, 11) is 0. The summed E-state index contributed by atoms with van der Waals surface area (Å²) in [6.45, 7) is 3.30. The van der Waals surface area contributed by atoms with Gasteiger partial charge in [-0.3, -0.25) is 9.88 Å². The Bertz CT molecular complexity index is 680. The molecule has 0 radical (unpaired) electrons. The highest BCUT2D eigenvalue weighted by atomic mass is 19.4. The molecule has 23 heavy (non-hydrogen) atoms. The molecule has 3 rings (SSSR count). The number of aryl methyl sites for hydroxylation is 1. The van der Waals surface area contributed by atoms with E-state index < -0.39 is 18.8 Å². The number of nitrogens with zero attached hydrogens (tertiary/aromatic N) is 6. The van der Waals surface area contributed by atoms with E-state index >= 15 is 0 Å². The molecule has 1 aliphatic heterocycles. The summed E-state index contributed by atoms with van der Waals surface area (Å²) in [5.74, 6) is 1.39. The Hall–Kier alpha value is -1.94. The number of rotatable bonds is 3. The van der Waals surface area contributed by atoms with Gasteiger partial charge in [-0.1, -0.05) is 0 Å². The van der Waals surface area contributed by atoms with Gasteiger partial charge in [0.25, 0.3) is 0 Å². The third-order valence-corrected chi connectivity index (χ3v) is 3.84. The van der Waals surface area contributed by atoms with Gasteiger partial charge >= 0.3 is 6.18 Å². The Morgan fingerprint density at radius 1 is 1.22 bits per heavy atom. The Balaban J connectivity index is 1.67. The zero-order chi connectivity index (χ0) is 16.6. The van der Waals surface area contributed by atoms with Crippen LogP contribution in [0.5, 0.6) is 0 Å². The molecule has 0 amide bonds. The number of alkyl halides is 3. The van der Waals surface area contributed by atoms with Crippen molar-refractivity contribution in [3.63, 3.8) is 0 Å². The third kappa shape index (κ3) is 3.37. The average molecular weight is 330 g/mol. The van der Waals surface area contributed by atoms with Crippen LogP contribution >= 0.6 is 0 Å². The molecule has 3 heterocycles. The van der Waals surface area contributed by atoms with Crippen molar-refractivity contribution in [1.29, 1.82) is 0 Å². The van der Waals surface area contributed by atoms with Gasteiger partial charge < -0.3 is 10.0 Å². The summed E-state index contributed by atoms with van der Waals surface area (Å²) >= 11 is 0. The van der Waals surface area contributed by atoms with Crippen molar-refractivity contribution in [1.82, 2.24) is 24.5 Å². The molecule has 0 saturated carbocycles. The minimum atomic E-state index is -4.58. The van der Waals surface area contributed by atoms with Crippen molar-refractivity contribution >= 4 is 11.5 Å². The number of anilines is 1. The monoisotopic (exact) mass is 330 g/mol. The molecule has 0 bridgehead atoms. The smallest absolute Gasteiger partial charge is 0.382 e. The number of hydrogen-bond acceptors (Lipinski definition) is 6. The number of halogens is 3. The summed E-state index contributed by atoms with van der Waals surface area (Å²) in [5.41, 5.74) is 0.634. The number of aliphatic hydroxyl groups is 1. The predicted molar refractivity (Wildman–Crippen MR) is 76.2 cm³/mol. The van der Waals surface area contributed by atoms with Crippen molar-refractivity contribution < 1.29 is 18.3 Å². The number of aliphatic hydroxyl groups excluding tert-OH is 1. The van der Waals surface area contributed by atoms with Gasteiger partial charge in [-0.05, 0) is 6.92 Å². The maximum absolute atomic E-state index is 12.4. The normalized spacial score (nSPS) is 18.6. The van der Waals surface area contributed by atoms with Crippen LogP contribution in [0.3, 0.4) is 0 Å². The zero-order valence-corrected chi connectivity index (χ0v) is 12.5. The first-order valence-corrected chi connectivity index (χ1v) is 7.24. The van der Waals surface area contributed by atoms with Crippen molar-refractivity contribution in [2.75, 3.05) is 37.6 Å². The van der Waals surface area contributed by atoms with E-state index in [-0.39, 0.29) is 0 Å². The van der Waals surface area contributed by atoms with Gasteiger partial charge in [0, 0.05) is 32.7 Å². The molecular weight excluding hydrogens is 313 g/mol.